The van der Waals surface area contributed by atoms with Crippen LogP contribution >= 0.6 is 11.3 Å². The minimum atomic E-state index is -0.118. The number of carbonyl (C=O) groups is 1. The van der Waals surface area contributed by atoms with Crippen molar-refractivity contribution < 1.29 is 9.53 Å². The van der Waals surface area contributed by atoms with E-state index >= 15 is 0 Å². The van der Waals surface area contributed by atoms with Gasteiger partial charge in [0.05, 0.1) is 25.4 Å². The zero-order chi connectivity index (χ0) is 16.7. The Kier molecular flexibility index (Phi) is 3.69. The van der Waals surface area contributed by atoms with Crippen LogP contribution in [0.5, 0.6) is 5.75 Å². The Bertz CT molecular complexity index is 986. The van der Waals surface area contributed by atoms with E-state index in [9.17, 15) is 9.59 Å². The van der Waals surface area contributed by atoms with Crippen molar-refractivity contribution >= 4 is 27.3 Å². The topological polar surface area (TPSA) is 61.2 Å². The normalized spacial score (nSPS) is 13.2. The Labute approximate surface area is 142 Å². The van der Waals surface area contributed by atoms with Crippen LogP contribution < -0.4 is 10.3 Å². The average molecular weight is 340 g/mol. The molecule has 6 heteroatoms. The van der Waals surface area contributed by atoms with Crippen LogP contribution in [-0.2, 0) is 19.4 Å². The standard InChI is InChI=1S/C18H16N2O3S/c1-23-12-7-5-11(6-8-12)14(21)9-20-10-19-17-16(18(20)22)13-3-2-4-15(13)24-17/h5-8,10H,2-4,9H2,1H3. The van der Waals surface area contributed by atoms with E-state index in [0.29, 0.717) is 16.7 Å². The first-order valence-electron chi connectivity index (χ1n) is 7.84. The summed E-state index contributed by atoms with van der Waals surface area (Å²) in [6.45, 7) is -0.00127. The number of methoxy groups -OCH3 is 1. The molecule has 1 aromatic carbocycles. The maximum atomic E-state index is 12.8. The molecule has 0 bridgehead atoms. The lowest BCUT2D eigenvalue weighted by Crippen LogP contribution is -2.24. The number of thiophene rings is 1. The Morgan fingerprint density at radius 2 is 2.08 bits per heavy atom. The molecule has 0 saturated carbocycles. The van der Waals surface area contributed by atoms with Gasteiger partial charge in [-0.1, -0.05) is 0 Å². The molecule has 0 saturated heterocycles. The van der Waals surface area contributed by atoms with Crippen molar-refractivity contribution in [3.63, 3.8) is 0 Å². The molecule has 0 atom stereocenters. The van der Waals surface area contributed by atoms with Crippen LogP contribution in [0.2, 0.25) is 0 Å². The second-order valence-corrected chi connectivity index (χ2v) is 6.95. The second kappa shape index (κ2) is 5.87. The van der Waals surface area contributed by atoms with Gasteiger partial charge in [0.1, 0.15) is 10.6 Å². The van der Waals surface area contributed by atoms with Gasteiger partial charge >= 0.3 is 0 Å². The summed E-state index contributed by atoms with van der Waals surface area (Å²) in [5.41, 5.74) is 1.58. The highest BCUT2D eigenvalue weighted by molar-refractivity contribution is 7.18. The van der Waals surface area contributed by atoms with Gasteiger partial charge in [0.25, 0.3) is 5.56 Å². The smallest absolute Gasteiger partial charge is 0.262 e. The van der Waals surface area contributed by atoms with Gasteiger partial charge in [-0.15, -0.1) is 11.3 Å². The first kappa shape index (κ1) is 15.1. The molecule has 122 valence electrons. The number of ether oxygens (including phenoxy) is 1. The number of fused-ring (bicyclic) bond motifs is 3. The van der Waals surface area contributed by atoms with E-state index in [1.54, 1.807) is 42.7 Å². The van der Waals surface area contributed by atoms with Gasteiger partial charge in [-0.2, -0.15) is 0 Å². The van der Waals surface area contributed by atoms with E-state index in [1.807, 2.05) is 0 Å². The van der Waals surface area contributed by atoms with Gasteiger partial charge in [0.15, 0.2) is 5.78 Å². The van der Waals surface area contributed by atoms with Crippen molar-refractivity contribution in [2.24, 2.45) is 0 Å². The SMILES string of the molecule is COc1ccc(C(=O)Cn2cnc3sc4c(c3c2=O)CCC4)cc1. The van der Waals surface area contributed by atoms with Gasteiger partial charge in [-0.05, 0) is 49.1 Å². The summed E-state index contributed by atoms with van der Waals surface area (Å²) < 4.78 is 6.51. The minimum absolute atomic E-state index is 0.00127. The fourth-order valence-electron chi connectivity index (χ4n) is 3.16. The highest BCUT2D eigenvalue weighted by Crippen LogP contribution is 2.34. The number of aryl methyl sites for hydroxylation is 2. The maximum absolute atomic E-state index is 12.8. The number of ketones is 1. The van der Waals surface area contributed by atoms with E-state index in [4.69, 9.17) is 4.74 Å². The van der Waals surface area contributed by atoms with Crippen molar-refractivity contribution in [2.75, 3.05) is 7.11 Å². The number of hydrogen-bond acceptors (Lipinski definition) is 5. The van der Waals surface area contributed by atoms with Crippen molar-refractivity contribution in [3.05, 3.63) is 57.0 Å². The molecule has 0 amide bonds. The average Bonchev–Trinajstić information content (AvgIpc) is 3.18. The number of aromatic nitrogens is 2. The molecule has 1 aliphatic carbocycles. The van der Waals surface area contributed by atoms with Crippen molar-refractivity contribution in [1.29, 1.82) is 0 Å². The third-order valence-electron chi connectivity index (χ3n) is 4.42. The molecule has 3 aromatic rings. The number of nitrogens with zero attached hydrogens (tertiary/aromatic N) is 2. The fourth-order valence-corrected chi connectivity index (χ4v) is 4.37. The monoisotopic (exact) mass is 340 g/mol. The molecule has 2 heterocycles. The lowest BCUT2D eigenvalue weighted by Gasteiger charge is -2.06. The molecule has 1 aliphatic rings. The van der Waals surface area contributed by atoms with Crippen LogP contribution in [0.1, 0.15) is 27.2 Å². The van der Waals surface area contributed by atoms with E-state index in [-0.39, 0.29) is 17.9 Å². The Morgan fingerprint density at radius 1 is 1.29 bits per heavy atom. The third-order valence-corrected chi connectivity index (χ3v) is 5.62. The lowest BCUT2D eigenvalue weighted by atomic mass is 10.1. The summed E-state index contributed by atoms with van der Waals surface area (Å²) in [5.74, 6) is 0.577. The Balaban J connectivity index is 1.68. The molecule has 0 radical (unpaired) electrons. The Morgan fingerprint density at radius 3 is 2.83 bits per heavy atom. The zero-order valence-corrected chi connectivity index (χ0v) is 14.1. The maximum Gasteiger partial charge on any atom is 0.262 e. The van der Waals surface area contributed by atoms with Crippen LogP contribution in [0.15, 0.2) is 35.4 Å². The van der Waals surface area contributed by atoms with Crippen LogP contribution in [0.3, 0.4) is 0 Å². The zero-order valence-electron chi connectivity index (χ0n) is 13.2. The molecule has 0 N–H and O–H groups in total. The summed E-state index contributed by atoms with van der Waals surface area (Å²) >= 11 is 1.61. The van der Waals surface area contributed by atoms with Crippen LogP contribution in [0.4, 0.5) is 0 Å². The summed E-state index contributed by atoms with van der Waals surface area (Å²) in [6, 6.07) is 6.90. The highest BCUT2D eigenvalue weighted by atomic mass is 32.1. The summed E-state index contributed by atoms with van der Waals surface area (Å²) in [6.07, 6.45) is 4.54. The van der Waals surface area contributed by atoms with E-state index in [2.05, 4.69) is 4.98 Å². The minimum Gasteiger partial charge on any atom is -0.497 e. The van der Waals surface area contributed by atoms with Gasteiger partial charge in [-0.25, -0.2) is 4.98 Å². The molecular weight excluding hydrogens is 324 g/mol. The summed E-state index contributed by atoms with van der Waals surface area (Å²) in [5, 5.41) is 0.706. The predicted octanol–water partition coefficient (Wildman–Crippen LogP) is 2.84. The van der Waals surface area contributed by atoms with Gasteiger partial charge in [0, 0.05) is 10.4 Å². The molecule has 0 aliphatic heterocycles. The van der Waals surface area contributed by atoms with Crippen LogP contribution in [0.25, 0.3) is 10.2 Å². The lowest BCUT2D eigenvalue weighted by molar-refractivity contribution is 0.0970. The van der Waals surface area contributed by atoms with Crippen molar-refractivity contribution in [2.45, 2.75) is 25.8 Å². The molecule has 5 nitrogen and oxygen atoms in total. The van der Waals surface area contributed by atoms with E-state index in [1.165, 1.54) is 15.8 Å². The largest absolute Gasteiger partial charge is 0.497 e. The van der Waals surface area contributed by atoms with Gasteiger partial charge in [-0.3, -0.25) is 14.2 Å². The van der Waals surface area contributed by atoms with Crippen molar-refractivity contribution in [1.82, 2.24) is 9.55 Å². The van der Waals surface area contributed by atoms with Crippen molar-refractivity contribution in [3.8, 4) is 5.75 Å². The van der Waals surface area contributed by atoms with Gasteiger partial charge in [0.2, 0.25) is 0 Å². The predicted molar refractivity (Wildman–Crippen MR) is 93.2 cm³/mol. The first-order chi connectivity index (χ1) is 11.7. The first-order valence-corrected chi connectivity index (χ1v) is 8.66. The number of benzene rings is 1. The molecule has 4 rings (SSSR count). The number of carbonyl (C=O) groups excluding carboxylic acids is 1. The number of hydrogen-bond donors (Lipinski definition) is 0. The van der Waals surface area contributed by atoms with Gasteiger partial charge < -0.3 is 4.74 Å². The summed E-state index contributed by atoms with van der Waals surface area (Å²) in [4.78, 5) is 31.7. The number of rotatable bonds is 4. The Hall–Kier alpha value is -2.47. The molecule has 2 aromatic heterocycles. The summed E-state index contributed by atoms with van der Waals surface area (Å²) in [7, 11) is 1.58. The highest BCUT2D eigenvalue weighted by Gasteiger charge is 2.21. The van der Waals surface area contributed by atoms with E-state index in [0.717, 1.165) is 29.7 Å². The molecular formula is C18H16N2O3S. The fraction of sp³-hybridized carbons (Fsp3) is 0.278. The molecule has 0 spiro atoms. The van der Waals surface area contributed by atoms with Crippen LogP contribution in [0, 0.1) is 0 Å². The third kappa shape index (κ3) is 2.43. The quantitative estimate of drug-likeness (QED) is 0.685. The molecule has 24 heavy (non-hydrogen) atoms. The number of Topliss-reactive ketones (excluding diaryl/α,β-unsaturated/α-hetero) is 1. The van der Waals surface area contributed by atoms with E-state index < -0.39 is 0 Å². The molecule has 0 fully saturated rings. The van der Waals surface area contributed by atoms with Crippen LogP contribution in [-0.4, -0.2) is 22.4 Å². The molecule has 0 unspecified atom stereocenters. The second-order valence-electron chi connectivity index (χ2n) is 5.87.